The topological polar surface area (TPSA) is 59.3 Å². The highest BCUT2D eigenvalue weighted by Gasteiger charge is 2.23. The first-order valence-corrected chi connectivity index (χ1v) is 5.57. The summed E-state index contributed by atoms with van der Waals surface area (Å²) in [6.45, 7) is 10.8. The molecule has 0 unspecified atom stereocenters. The maximum Gasteiger partial charge on any atom is 0.318 e. The Morgan fingerprint density at radius 2 is 2.12 bits per heavy atom. The van der Waals surface area contributed by atoms with E-state index in [2.05, 4.69) is 11.6 Å². The van der Waals surface area contributed by atoms with Crippen LogP contribution in [-0.4, -0.2) is 23.0 Å². The SMILES string of the molecule is C=C(C)c1nccc(N(CC)CC)c1[N+](=O)[O-]. The lowest BCUT2D eigenvalue weighted by Crippen LogP contribution is -2.23. The van der Waals surface area contributed by atoms with Crippen molar-refractivity contribution in [3.05, 3.63) is 34.7 Å². The van der Waals surface area contributed by atoms with E-state index in [-0.39, 0.29) is 10.6 Å². The normalized spacial score (nSPS) is 10.1. The fourth-order valence-corrected chi connectivity index (χ4v) is 1.76. The third-order valence-electron chi connectivity index (χ3n) is 2.59. The first-order chi connectivity index (χ1) is 8.02. The molecule has 0 aliphatic rings. The van der Waals surface area contributed by atoms with Gasteiger partial charge >= 0.3 is 5.69 Å². The minimum absolute atomic E-state index is 0.0451. The lowest BCUT2D eigenvalue weighted by Gasteiger charge is -2.21. The van der Waals surface area contributed by atoms with Crippen LogP contribution in [0.4, 0.5) is 11.4 Å². The van der Waals surface area contributed by atoms with Crippen LogP contribution in [0.2, 0.25) is 0 Å². The van der Waals surface area contributed by atoms with Gasteiger partial charge in [0.05, 0.1) is 4.92 Å². The third-order valence-corrected chi connectivity index (χ3v) is 2.59. The van der Waals surface area contributed by atoms with Crippen molar-refractivity contribution in [3.8, 4) is 0 Å². The molecule has 0 atom stereocenters. The highest BCUT2D eigenvalue weighted by atomic mass is 16.6. The summed E-state index contributed by atoms with van der Waals surface area (Å²) in [5, 5.41) is 11.2. The molecule has 0 saturated carbocycles. The molecule has 5 heteroatoms. The summed E-state index contributed by atoms with van der Waals surface area (Å²) in [5.74, 6) is 0. The minimum atomic E-state index is -0.384. The number of aromatic nitrogens is 1. The molecule has 0 bridgehead atoms. The number of nitro groups is 1. The van der Waals surface area contributed by atoms with Crippen molar-refractivity contribution in [3.63, 3.8) is 0 Å². The average Bonchev–Trinajstić information content (AvgIpc) is 2.30. The van der Waals surface area contributed by atoms with Gasteiger partial charge in [-0.2, -0.15) is 0 Å². The Bertz CT molecular complexity index is 439. The molecule has 17 heavy (non-hydrogen) atoms. The van der Waals surface area contributed by atoms with Gasteiger partial charge in [-0.25, -0.2) is 4.98 Å². The van der Waals surface area contributed by atoms with Crippen molar-refractivity contribution in [2.24, 2.45) is 0 Å². The fourth-order valence-electron chi connectivity index (χ4n) is 1.76. The van der Waals surface area contributed by atoms with Crippen molar-refractivity contribution in [1.82, 2.24) is 4.98 Å². The molecule has 0 spiro atoms. The zero-order chi connectivity index (χ0) is 13.0. The second-order valence-electron chi connectivity index (χ2n) is 3.74. The molecule has 1 heterocycles. The van der Waals surface area contributed by atoms with Crippen molar-refractivity contribution < 1.29 is 4.92 Å². The van der Waals surface area contributed by atoms with E-state index >= 15 is 0 Å². The Kier molecular flexibility index (Phi) is 4.20. The van der Waals surface area contributed by atoms with Crippen LogP contribution in [0, 0.1) is 10.1 Å². The van der Waals surface area contributed by atoms with E-state index in [1.54, 1.807) is 19.2 Å². The Hall–Kier alpha value is -1.91. The maximum absolute atomic E-state index is 11.2. The molecular weight excluding hydrogens is 218 g/mol. The molecule has 0 saturated heterocycles. The number of nitrogens with zero attached hydrogens (tertiary/aromatic N) is 3. The predicted octanol–water partition coefficient (Wildman–Crippen LogP) is 2.87. The van der Waals surface area contributed by atoms with Crippen LogP contribution >= 0.6 is 0 Å². The van der Waals surface area contributed by atoms with Gasteiger partial charge in [-0.15, -0.1) is 0 Å². The van der Waals surface area contributed by atoms with E-state index < -0.39 is 0 Å². The molecule has 0 N–H and O–H groups in total. The standard InChI is InChI=1S/C12H17N3O2/c1-5-14(6-2)10-7-8-13-11(9(3)4)12(10)15(16)17/h7-8H,3,5-6H2,1-2,4H3. The second kappa shape index (κ2) is 5.43. The van der Waals surface area contributed by atoms with Gasteiger partial charge < -0.3 is 4.90 Å². The Balaban J connectivity index is 3.44. The molecule has 92 valence electrons. The molecule has 1 rings (SSSR count). The van der Waals surface area contributed by atoms with Gasteiger partial charge in [0.25, 0.3) is 0 Å². The zero-order valence-electron chi connectivity index (χ0n) is 10.4. The highest BCUT2D eigenvalue weighted by molar-refractivity contribution is 5.76. The minimum Gasteiger partial charge on any atom is -0.366 e. The fraction of sp³-hybridized carbons (Fsp3) is 0.417. The van der Waals surface area contributed by atoms with E-state index in [9.17, 15) is 10.1 Å². The molecule has 1 aromatic rings. The molecule has 0 amide bonds. The summed E-state index contributed by atoms with van der Waals surface area (Å²) in [6.07, 6.45) is 1.59. The lowest BCUT2D eigenvalue weighted by molar-refractivity contribution is -0.384. The molecular formula is C12H17N3O2. The van der Waals surface area contributed by atoms with Crippen LogP contribution in [0.1, 0.15) is 26.5 Å². The van der Waals surface area contributed by atoms with Gasteiger partial charge in [-0.3, -0.25) is 10.1 Å². The Morgan fingerprint density at radius 1 is 1.53 bits per heavy atom. The molecule has 0 aromatic carbocycles. The number of hydrogen-bond acceptors (Lipinski definition) is 4. The van der Waals surface area contributed by atoms with Crippen molar-refractivity contribution in [2.75, 3.05) is 18.0 Å². The van der Waals surface area contributed by atoms with E-state index in [0.717, 1.165) is 13.1 Å². The number of pyridine rings is 1. The number of allylic oxidation sites excluding steroid dienone is 1. The summed E-state index contributed by atoms with van der Waals surface area (Å²) in [7, 11) is 0. The van der Waals surface area contributed by atoms with Gasteiger partial charge in [-0.1, -0.05) is 6.58 Å². The van der Waals surface area contributed by atoms with E-state index in [1.807, 2.05) is 18.7 Å². The second-order valence-corrected chi connectivity index (χ2v) is 3.74. The van der Waals surface area contributed by atoms with Gasteiger partial charge in [0.2, 0.25) is 0 Å². The predicted molar refractivity (Wildman–Crippen MR) is 69.2 cm³/mol. The van der Waals surface area contributed by atoms with Crippen LogP contribution in [0.25, 0.3) is 5.57 Å². The maximum atomic E-state index is 11.2. The van der Waals surface area contributed by atoms with Crippen LogP contribution in [0.5, 0.6) is 0 Å². The van der Waals surface area contributed by atoms with Crippen molar-refractivity contribution >= 4 is 16.9 Å². The average molecular weight is 235 g/mol. The summed E-state index contributed by atoms with van der Waals surface area (Å²) in [6, 6.07) is 1.68. The van der Waals surface area contributed by atoms with Gasteiger partial charge in [-0.05, 0) is 32.4 Å². The first kappa shape index (κ1) is 13.2. The number of rotatable bonds is 5. The van der Waals surface area contributed by atoms with Crippen LogP contribution < -0.4 is 4.90 Å². The van der Waals surface area contributed by atoms with E-state index in [4.69, 9.17) is 0 Å². The molecule has 0 aliphatic heterocycles. The monoisotopic (exact) mass is 235 g/mol. The summed E-state index contributed by atoms with van der Waals surface area (Å²) >= 11 is 0. The molecule has 0 radical (unpaired) electrons. The van der Waals surface area contributed by atoms with Gasteiger partial charge in [0.1, 0.15) is 11.4 Å². The molecule has 0 aliphatic carbocycles. The van der Waals surface area contributed by atoms with Gasteiger partial charge in [0, 0.05) is 19.3 Å². The summed E-state index contributed by atoms with van der Waals surface area (Å²) in [4.78, 5) is 16.8. The highest BCUT2D eigenvalue weighted by Crippen LogP contribution is 2.33. The van der Waals surface area contributed by atoms with Crippen LogP contribution in [0.3, 0.4) is 0 Å². The number of anilines is 1. The van der Waals surface area contributed by atoms with E-state index in [1.165, 1.54) is 0 Å². The summed E-state index contributed by atoms with van der Waals surface area (Å²) < 4.78 is 0. The van der Waals surface area contributed by atoms with Crippen molar-refractivity contribution in [1.29, 1.82) is 0 Å². The van der Waals surface area contributed by atoms with Crippen molar-refractivity contribution in [2.45, 2.75) is 20.8 Å². The molecule has 5 nitrogen and oxygen atoms in total. The van der Waals surface area contributed by atoms with Crippen LogP contribution in [0.15, 0.2) is 18.8 Å². The van der Waals surface area contributed by atoms with Crippen LogP contribution in [-0.2, 0) is 0 Å². The third kappa shape index (κ3) is 2.61. The molecule has 0 fully saturated rings. The number of hydrogen-bond donors (Lipinski definition) is 0. The van der Waals surface area contributed by atoms with Gasteiger partial charge in [0.15, 0.2) is 0 Å². The first-order valence-electron chi connectivity index (χ1n) is 5.57. The lowest BCUT2D eigenvalue weighted by atomic mass is 10.1. The quantitative estimate of drug-likeness (QED) is 0.581. The zero-order valence-corrected chi connectivity index (χ0v) is 10.4. The molecule has 1 aromatic heterocycles. The van der Waals surface area contributed by atoms with E-state index in [0.29, 0.717) is 17.0 Å². The largest absolute Gasteiger partial charge is 0.366 e. The Labute approximate surface area is 101 Å². The summed E-state index contributed by atoms with van der Waals surface area (Å²) in [5.41, 5.74) is 1.61. The smallest absolute Gasteiger partial charge is 0.318 e. The Morgan fingerprint density at radius 3 is 2.53 bits per heavy atom.